The molecule has 2 heterocycles. The fraction of sp³-hybridized carbons (Fsp3) is 0.278. The lowest BCUT2D eigenvalue weighted by atomic mass is 9.89. The van der Waals surface area contributed by atoms with Gasteiger partial charge in [-0.25, -0.2) is 9.78 Å². The topological polar surface area (TPSA) is 97.8 Å². The number of aromatic nitrogens is 1. The van der Waals surface area contributed by atoms with E-state index in [4.69, 9.17) is 14.6 Å². The molecule has 0 saturated carbocycles. The number of carboxylic acids is 1. The molecule has 0 aliphatic carbocycles. The Bertz CT molecular complexity index is 785. The molecule has 0 spiro atoms. The standard InChI is InChI=1S/C18H18N2O5/c1-24-13-9-14(19-15(10-13)17(22)23)16(21)20-18(7-8-25-11-18)12-5-3-2-4-6-12/h2-6,9-10H,7-8,11H2,1H3,(H,20,21)(H,22,23). The molecule has 130 valence electrons. The van der Waals surface area contributed by atoms with Crippen LogP contribution in [0.1, 0.15) is 33.0 Å². The van der Waals surface area contributed by atoms with Crippen LogP contribution in [0.15, 0.2) is 42.5 Å². The number of benzene rings is 1. The Balaban J connectivity index is 1.93. The fourth-order valence-electron chi connectivity index (χ4n) is 2.85. The summed E-state index contributed by atoms with van der Waals surface area (Å²) in [4.78, 5) is 27.9. The molecule has 25 heavy (non-hydrogen) atoms. The zero-order chi connectivity index (χ0) is 17.9. The van der Waals surface area contributed by atoms with Crippen molar-refractivity contribution in [3.8, 4) is 5.75 Å². The summed E-state index contributed by atoms with van der Waals surface area (Å²) in [6, 6.07) is 12.2. The summed E-state index contributed by atoms with van der Waals surface area (Å²) in [7, 11) is 1.40. The van der Waals surface area contributed by atoms with Gasteiger partial charge in [-0.1, -0.05) is 30.3 Å². The van der Waals surface area contributed by atoms with Crippen molar-refractivity contribution in [1.82, 2.24) is 10.3 Å². The summed E-state index contributed by atoms with van der Waals surface area (Å²) < 4.78 is 10.6. The van der Waals surface area contributed by atoms with E-state index >= 15 is 0 Å². The number of carbonyl (C=O) groups excluding carboxylic acids is 1. The lowest BCUT2D eigenvalue weighted by molar-refractivity contribution is 0.0690. The fourth-order valence-corrected chi connectivity index (χ4v) is 2.85. The molecule has 1 fully saturated rings. The second kappa shape index (κ2) is 6.90. The van der Waals surface area contributed by atoms with E-state index in [0.29, 0.717) is 19.6 Å². The second-order valence-electron chi connectivity index (χ2n) is 5.79. The number of nitrogens with zero attached hydrogens (tertiary/aromatic N) is 1. The average Bonchev–Trinajstić information content (AvgIpc) is 3.11. The summed E-state index contributed by atoms with van der Waals surface area (Å²) in [5.41, 5.74) is 0.00837. The first-order valence-electron chi connectivity index (χ1n) is 7.79. The van der Waals surface area contributed by atoms with E-state index in [9.17, 15) is 9.59 Å². The SMILES string of the molecule is COc1cc(C(=O)O)nc(C(=O)NC2(c3ccccc3)CCOC2)c1. The van der Waals surface area contributed by atoms with Crippen molar-refractivity contribution in [2.45, 2.75) is 12.0 Å². The third-order valence-corrected chi connectivity index (χ3v) is 4.19. The van der Waals surface area contributed by atoms with E-state index in [-0.39, 0.29) is 17.1 Å². The first-order valence-corrected chi connectivity index (χ1v) is 7.79. The third-order valence-electron chi connectivity index (χ3n) is 4.19. The molecule has 7 nitrogen and oxygen atoms in total. The summed E-state index contributed by atoms with van der Waals surface area (Å²) >= 11 is 0. The van der Waals surface area contributed by atoms with Crippen LogP contribution in [0, 0.1) is 0 Å². The van der Waals surface area contributed by atoms with E-state index in [1.54, 1.807) is 0 Å². The molecule has 1 amide bonds. The zero-order valence-electron chi connectivity index (χ0n) is 13.7. The molecule has 1 aromatic carbocycles. The molecule has 0 bridgehead atoms. The van der Waals surface area contributed by atoms with Crippen molar-refractivity contribution in [1.29, 1.82) is 0 Å². The van der Waals surface area contributed by atoms with E-state index in [1.807, 2.05) is 30.3 Å². The smallest absolute Gasteiger partial charge is 0.354 e. The minimum Gasteiger partial charge on any atom is -0.497 e. The van der Waals surface area contributed by atoms with Crippen LogP contribution in [0.25, 0.3) is 0 Å². The second-order valence-corrected chi connectivity index (χ2v) is 5.79. The van der Waals surface area contributed by atoms with Gasteiger partial charge in [0.25, 0.3) is 5.91 Å². The monoisotopic (exact) mass is 342 g/mol. The molecule has 1 unspecified atom stereocenters. The number of hydrogen-bond acceptors (Lipinski definition) is 5. The third kappa shape index (κ3) is 3.46. The Labute approximate surface area is 144 Å². The number of carboxylic acid groups (broad SMARTS) is 1. The van der Waals surface area contributed by atoms with Gasteiger partial charge < -0.3 is 19.9 Å². The summed E-state index contributed by atoms with van der Waals surface area (Å²) in [5.74, 6) is -1.44. The molecule has 1 atom stereocenters. The lowest BCUT2D eigenvalue weighted by Crippen LogP contribution is -2.46. The summed E-state index contributed by atoms with van der Waals surface area (Å²) in [6.45, 7) is 0.875. The number of methoxy groups -OCH3 is 1. The van der Waals surface area contributed by atoms with Crippen molar-refractivity contribution in [3.05, 3.63) is 59.4 Å². The number of carbonyl (C=O) groups is 2. The Morgan fingerprint density at radius 2 is 1.96 bits per heavy atom. The number of ether oxygens (including phenoxy) is 2. The van der Waals surface area contributed by atoms with Crippen LogP contribution in [-0.4, -0.2) is 42.3 Å². The molecule has 2 N–H and O–H groups in total. The molecular weight excluding hydrogens is 324 g/mol. The molecule has 1 saturated heterocycles. The minimum absolute atomic E-state index is 0.0149. The zero-order valence-corrected chi connectivity index (χ0v) is 13.7. The quantitative estimate of drug-likeness (QED) is 0.860. The van der Waals surface area contributed by atoms with Crippen molar-refractivity contribution in [2.75, 3.05) is 20.3 Å². The van der Waals surface area contributed by atoms with Gasteiger partial charge >= 0.3 is 5.97 Å². The highest BCUT2D eigenvalue weighted by Gasteiger charge is 2.38. The highest BCUT2D eigenvalue weighted by molar-refractivity contribution is 5.95. The maximum absolute atomic E-state index is 12.7. The Hall–Kier alpha value is -2.93. The van der Waals surface area contributed by atoms with Crippen molar-refractivity contribution in [3.63, 3.8) is 0 Å². The Morgan fingerprint density at radius 3 is 2.56 bits per heavy atom. The molecule has 2 aromatic rings. The van der Waals surface area contributed by atoms with Gasteiger partial charge in [0.1, 0.15) is 11.4 Å². The molecule has 3 rings (SSSR count). The summed E-state index contributed by atoms with van der Waals surface area (Å²) in [5, 5.41) is 12.1. The van der Waals surface area contributed by atoms with Crippen LogP contribution in [-0.2, 0) is 10.3 Å². The van der Waals surface area contributed by atoms with Gasteiger partial charge in [0, 0.05) is 25.2 Å². The highest BCUT2D eigenvalue weighted by atomic mass is 16.5. The van der Waals surface area contributed by atoms with Gasteiger partial charge in [0.05, 0.1) is 19.3 Å². The number of hydrogen-bond donors (Lipinski definition) is 2. The number of rotatable bonds is 5. The van der Waals surface area contributed by atoms with Crippen molar-refractivity contribution in [2.24, 2.45) is 0 Å². The average molecular weight is 342 g/mol. The largest absolute Gasteiger partial charge is 0.497 e. The molecule has 1 aliphatic heterocycles. The van der Waals surface area contributed by atoms with Gasteiger partial charge in [-0.05, 0) is 5.56 Å². The number of aromatic carboxylic acids is 1. The number of pyridine rings is 1. The molecule has 0 radical (unpaired) electrons. The lowest BCUT2D eigenvalue weighted by Gasteiger charge is -2.29. The predicted octanol–water partition coefficient (Wildman–Crippen LogP) is 1.83. The van der Waals surface area contributed by atoms with E-state index in [2.05, 4.69) is 10.3 Å². The normalized spacial score (nSPS) is 19.4. The van der Waals surface area contributed by atoms with Gasteiger partial charge in [-0.2, -0.15) is 0 Å². The van der Waals surface area contributed by atoms with E-state index < -0.39 is 17.4 Å². The predicted molar refractivity (Wildman–Crippen MR) is 88.8 cm³/mol. The van der Waals surface area contributed by atoms with Crippen LogP contribution < -0.4 is 10.1 Å². The molecular formula is C18H18N2O5. The van der Waals surface area contributed by atoms with Gasteiger partial charge in [-0.15, -0.1) is 0 Å². The maximum atomic E-state index is 12.7. The Morgan fingerprint density at radius 1 is 1.24 bits per heavy atom. The van der Waals surface area contributed by atoms with Crippen LogP contribution in [0.5, 0.6) is 5.75 Å². The van der Waals surface area contributed by atoms with Crippen molar-refractivity contribution >= 4 is 11.9 Å². The Kier molecular flexibility index (Phi) is 4.67. The van der Waals surface area contributed by atoms with Crippen molar-refractivity contribution < 1.29 is 24.2 Å². The molecule has 7 heteroatoms. The molecule has 1 aliphatic rings. The van der Waals surface area contributed by atoms with Crippen LogP contribution in [0.4, 0.5) is 0 Å². The maximum Gasteiger partial charge on any atom is 0.354 e. The van der Waals surface area contributed by atoms with E-state index in [1.165, 1.54) is 19.2 Å². The van der Waals surface area contributed by atoms with E-state index in [0.717, 1.165) is 5.56 Å². The molecule has 1 aromatic heterocycles. The summed E-state index contributed by atoms with van der Waals surface area (Å²) in [6.07, 6.45) is 0.624. The van der Waals surface area contributed by atoms with Gasteiger partial charge in [0.15, 0.2) is 5.69 Å². The highest BCUT2D eigenvalue weighted by Crippen LogP contribution is 2.31. The minimum atomic E-state index is -1.23. The van der Waals surface area contributed by atoms with Crippen LogP contribution in [0.3, 0.4) is 0 Å². The van der Waals surface area contributed by atoms with Gasteiger partial charge in [0.2, 0.25) is 0 Å². The number of amides is 1. The first kappa shape index (κ1) is 16.9. The first-order chi connectivity index (χ1) is 12.0. The number of nitrogens with one attached hydrogen (secondary N) is 1. The van der Waals surface area contributed by atoms with Crippen LogP contribution in [0.2, 0.25) is 0 Å². The van der Waals surface area contributed by atoms with Gasteiger partial charge in [-0.3, -0.25) is 4.79 Å². The van der Waals surface area contributed by atoms with Crippen LogP contribution >= 0.6 is 0 Å².